The van der Waals surface area contributed by atoms with E-state index in [1.165, 1.54) is 0 Å². The number of aryl methyl sites for hydroxylation is 1. The largest absolute Gasteiger partial charge is 0.493 e. The Kier molecular flexibility index (Phi) is 4.09. The second-order valence-electron chi connectivity index (χ2n) is 4.60. The zero-order valence-corrected chi connectivity index (χ0v) is 11.1. The Morgan fingerprint density at radius 1 is 1.33 bits per heavy atom. The van der Waals surface area contributed by atoms with Gasteiger partial charge in [-0.25, -0.2) is 0 Å². The summed E-state index contributed by atoms with van der Waals surface area (Å²) in [7, 11) is 3.26. The number of ether oxygens (including phenoxy) is 3. The van der Waals surface area contributed by atoms with Crippen LogP contribution in [0, 0.1) is 12.8 Å². The van der Waals surface area contributed by atoms with E-state index in [0.717, 1.165) is 23.3 Å². The molecule has 1 aliphatic rings. The van der Waals surface area contributed by atoms with Crippen molar-refractivity contribution in [3.05, 3.63) is 23.3 Å². The fourth-order valence-electron chi connectivity index (χ4n) is 2.54. The molecule has 0 unspecified atom stereocenters. The second kappa shape index (κ2) is 5.59. The highest BCUT2D eigenvalue weighted by molar-refractivity contribution is 5.49. The van der Waals surface area contributed by atoms with Crippen LogP contribution in [0.1, 0.15) is 23.7 Å². The van der Waals surface area contributed by atoms with Gasteiger partial charge in [-0.2, -0.15) is 0 Å². The number of methoxy groups -OCH3 is 2. The molecule has 2 rings (SSSR count). The van der Waals surface area contributed by atoms with Gasteiger partial charge >= 0.3 is 0 Å². The highest BCUT2D eigenvalue weighted by Gasteiger charge is 2.30. The number of hydrogen-bond acceptors (Lipinski definition) is 4. The van der Waals surface area contributed by atoms with Gasteiger partial charge in [0.1, 0.15) is 0 Å². The van der Waals surface area contributed by atoms with Crippen molar-refractivity contribution in [1.29, 1.82) is 0 Å². The zero-order chi connectivity index (χ0) is 13.1. The normalized spacial score (nSPS) is 23.1. The summed E-state index contributed by atoms with van der Waals surface area (Å²) in [6.07, 6.45) is 0.850. The first-order valence-corrected chi connectivity index (χ1v) is 6.16. The van der Waals surface area contributed by atoms with Crippen LogP contribution in [0.15, 0.2) is 12.1 Å². The van der Waals surface area contributed by atoms with E-state index in [9.17, 15) is 5.11 Å². The van der Waals surface area contributed by atoms with Gasteiger partial charge in [-0.1, -0.05) is 0 Å². The first-order valence-electron chi connectivity index (χ1n) is 6.16. The van der Waals surface area contributed by atoms with Crippen LogP contribution >= 0.6 is 0 Å². The lowest BCUT2D eigenvalue weighted by molar-refractivity contribution is 0.0718. The standard InChI is InChI=1S/C14H20O4/c1-9-6-11(7-12(16-2)13(9)17-3)14-10(8-15)4-5-18-14/h6-7,10,14-15H,4-5,8H2,1-3H3/t10-,14+/m1/s1. The maximum atomic E-state index is 9.36. The number of aliphatic hydroxyl groups excluding tert-OH is 1. The summed E-state index contributed by atoms with van der Waals surface area (Å²) >= 11 is 0. The van der Waals surface area contributed by atoms with E-state index in [1.54, 1.807) is 14.2 Å². The van der Waals surface area contributed by atoms with E-state index in [4.69, 9.17) is 14.2 Å². The van der Waals surface area contributed by atoms with Gasteiger partial charge in [0.15, 0.2) is 11.5 Å². The van der Waals surface area contributed by atoms with Crippen LogP contribution in [0.5, 0.6) is 11.5 Å². The van der Waals surface area contributed by atoms with E-state index in [2.05, 4.69) is 0 Å². The fourth-order valence-corrected chi connectivity index (χ4v) is 2.54. The molecule has 0 aliphatic carbocycles. The van der Waals surface area contributed by atoms with Crippen LogP contribution in [-0.2, 0) is 4.74 Å². The first-order chi connectivity index (χ1) is 8.71. The molecule has 0 saturated carbocycles. The number of benzene rings is 1. The molecule has 4 heteroatoms. The summed E-state index contributed by atoms with van der Waals surface area (Å²) in [4.78, 5) is 0. The van der Waals surface area contributed by atoms with Crippen LogP contribution in [0.2, 0.25) is 0 Å². The number of rotatable bonds is 4. The lowest BCUT2D eigenvalue weighted by atomic mass is 9.94. The van der Waals surface area contributed by atoms with Gasteiger partial charge < -0.3 is 19.3 Å². The summed E-state index contributed by atoms with van der Waals surface area (Å²) in [6.45, 7) is 2.83. The fraction of sp³-hybridized carbons (Fsp3) is 0.571. The average Bonchev–Trinajstić information content (AvgIpc) is 2.85. The van der Waals surface area contributed by atoms with Gasteiger partial charge in [0.25, 0.3) is 0 Å². The second-order valence-corrected chi connectivity index (χ2v) is 4.60. The molecular weight excluding hydrogens is 232 g/mol. The molecule has 1 saturated heterocycles. The lowest BCUT2D eigenvalue weighted by Crippen LogP contribution is -2.12. The third-order valence-corrected chi connectivity index (χ3v) is 3.46. The highest BCUT2D eigenvalue weighted by Crippen LogP contribution is 2.40. The Labute approximate surface area is 107 Å². The predicted octanol–water partition coefficient (Wildman–Crippen LogP) is 2.08. The number of hydrogen-bond donors (Lipinski definition) is 1. The Morgan fingerprint density at radius 2 is 2.11 bits per heavy atom. The Hall–Kier alpha value is -1.26. The highest BCUT2D eigenvalue weighted by atomic mass is 16.5. The van der Waals surface area contributed by atoms with Crippen molar-refractivity contribution in [2.75, 3.05) is 27.4 Å². The Bertz CT molecular complexity index is 417. The van der Waals surface area contributed by atoms with Gasteiger partial charge in [0.05, 0.1) is 20.3 Å². The minimum atomic E-state index is -0.0477. The Morgan fingerprint density at radius 3 is 2.72 bits per heavy atom. The first kappa shape index (κ1) is 13.2. The summed E-state index contributed by atoms with van der Waals surface area (Å²) in [5.41, 5.74) is 2.06. The summed E-state index contributed by atoms with van der Waals surface area (Å²) in [6, 6.07) is 3.98. The van der Waals surface area contributed by atoms with Crippen molar-refractivity contribution in [2.45, 2.75) is 19.4 Å². The van der Waals surface area contributed by atoms with Crippen molar-refractivity contribution in [3.8, 4) is 11.5 Å². The predicted molar refractivity (Wildman–Crippen MR) is 68.2 cm³/mol. The molecule has 1 aromatic carbocycles. The molecule has 0 aromatic heterocycles. The SMILES string of the molecule is COc1cc([C@H]2OCC[C@@H]2CO)cc(C)c1OC. The smallest absolute Gasteiger partial charge is 0.163 e. The van der Waals surface area contributed by atoms with Crippen molar-refractivity contribution in [3.63, 3.8) is 0 Å². The molecular formula is C14H20O4. The van der Waals surface area contributed by atoms with E-state index < -0.39 is 0 Å². The molecule has 1 fully saturated rings. The molecule has 18 heavy (non-hydrogen) atoms. The van der Waals surface area contributed by atoms with Crippen LogP contribution in [0.25, 0.3) is 0 Å². The zero-order valence-electron chi connectivity index (χ0n) is 11.1. The quantitative estimate of drug-likeness (QED) is 0.891. The molecule has 1 heterocycles. The number of aliphatic hydroxyl groups is 1. The van der Waals surface area contributed by atoms with Gasteiger partial charge in [-0.15, -0.1) is 0 Å². The summed E-state index contributed by atoms with van der Waals surface area (Å²) in [5.74, 6) is 1.63. The van der Waals surface area contributed by atoms with Gasteiger partial charge in [-0.05, 0) is 36.6 Å². The van der Waals surface area contributed by atoms with Crippen molar-refractivity contribution in [2.24, 2.45) is 5.92 Å². The van der Waals surface area contributed by atoms with E-state index in [0.29, 0.717) is 12.4 Å². The van der Waals surface area contributed by atoms with Gasteiger partial charge in [-0.3, -0.25) is 0 Å². The maximum absolute atomic E-state index is 9.36. The van der Waals surface area contributed by atoms with Crippen molar-refractivity contribution >= 4 is 0 Å². The van der Waals surface area contributed by atoms with Crippen molar-refractivity contribution in [1.82, 2.24) is 0 Å². The van der Waals surface area contributed by atoms with E-state index in [1.807, 2.05) is 19.1 Å². The van der Waals surface area contributed by atoms with Crippen LogP contribution in [0.3, 0.4) is 0 Å². The topological polar surface area (TPSA) is 47.9 Å². The van der Waals surface area contributed by atoms with Crippen molar-refractivity contribution < 1.29 is 19.3 Å². The Balaban J connectivity index is 2.37. The van der Waals surface area contributed by atoms with Crippen LogP contribution < -0.4 is 9.47 Å². The van der Waals surface area contributed by atoms with Crippen LogP contribution in [-0.4, -0.2) is 32.5 Å². The molecule has 0 spiro atoms. The lowest BCUT2D eigenvalue weighted by Gasteiger charge is -2.19. The molecule has 1 N–H and O–H groups in total. The minimum absolute atomic E-state index is 0.0477. The monoisotopic (exact) mass is 252 g/mol. The maximum Gasteiger partial charge on any atom is 0.163 e. The minimum Gasteiger partial charge on any atom is -0.493 e. The van der Waals surface area contributed by atoms with Gasteiger partial charge in [0, 0.05) is 19.1 Å². The third-order valence-electron chi connectivity index (χ3n) is 3.46. The molecule has 0 radical (unpaired) electrons. The van der Waals surface area contributed by atoms with E-state index in [-0.39, 0.29) is 18.6 Å². The molecule has 0 bridgehead atoms. The average molecular weight is 252 g/mol. The third kappa shape index (κ3) is 2.31. The van der Waals surface area contributed by atoms with Crippen LogP contribution in [0.4, 0.5) is 0 Å². The molecule has 1 aliphatic heterocycles. The molecule has 100 valence electrons. The summed E-state index contributed by atoms with van der Waals surface area (Å²) in [5, 5.41) is 9.36. The van der Waals surface area contributed by atoms with E-state index >= 15 is 0 Å². The summed E-state index contributed by atoms with van der Waals surface area (Å²) < 4.78 is 16.4. The molecule has 2 atom stereocenters. The molecule has 1 aromatic rings. The molecule has 0 amide bonds. The molecule has 4 nitrogen and oxygen atoms in total. The van der Waals surface area contributed by atoms with Gasteiger partial charge in [0.2, 0.25) is 0 Å².